The summed E-state index contributed by atoms with van der Waals surface area (Å²) in [7, 11) is 10.3. The van der Waals surface area contributed by atoms with Crippen LogP contribution in [0.4, 0.5) is 0 Å². The Labute approximate surface area is 274 Å². The zero-order chi connectivity index (χ0) is 30.6. The van der Waals surface area contributed by atoms with Crippen LogP contribution in [-0.2, 0) is 18.9 Å². The molecule has 8 aromatic rings. The summed E-state index contributed by atoms with van der Waals surface area (Å²) < 4.78 is 3.37. The SMILES string of the molecule is Cc1cc2c(-c3cccc4ccccc34)cccc2[cH-]1.Cc1cc2c(-c3cccc4ccccc34)cccc2[cH-]1.[CH2]=[Zr]([Cl])[Cl]. The van der Waals surface area contributed by atoms with Crippen LogP contribution in [0.5, 0.6) is 0 Å². The van der Waals surface area contributed by atoms with E-state index in [1.54, 1.807) is 0 Å². The molecule has 0 saturated heterocycles. The van der Waals surface area contributed by atoms with Gasteiger partial charge in [-0.2, -0.15) is 12.1 Å². The second-order valence-corrected chi connectivity index (χ2v) is 19.3. The molecule has 0 atom stereocenters. The summed E-state index contributed by atoms with van der Waals surface area (Å²) in [4.78, 5) is 0. The molecule has 0 nitrogen and oxygen atoms in total. The standard InChI is InChI=1S/2C20H15.CH2.2ClH.Zr/c2*1-14-12-16-8-5-11-19(20(16)13-14)18-10-4-7-15-6-2-3-9-17(15)18;;;;/h2*2-13H,1H3;1H2;2*1H;/q2*-1;;;;+2/p-2. The van der Waals surface area contributed by atoms with Gasteiger partial charge in [-0.3, -0.25) is 0 Å². The van der Waals surface area contributed by atoms with Gasteiger partial charge in [-0.1, -0.05) is 122 Å². The van der Waals surface area contributed by atoms with Crippen LogP contribution < -0.4 is 0 Å². The third-order valence-electron chi connectivity index (χ3n) is 7.95. The molecular formula is C41H32Cl2Zr-2. The quantitative estimate of drug-likeness (QED) is 0.159. The predicted octanol–water partition coefficient (Wildman–Crippen LogP) is 12.7. The van der Waals surface area contributed by atoms with E-state index in [0.717, 1.165) is 0 Å². The van der Waals surface area contributed by atoms with Gasteiger partial charge in [0.1, 0.15) is 0 Å². The molecule has 3 heteroatoms. The summed E-state index contributed by atoms with van der Waals surface area (Å²) in [6, 6.07) is 52.5. The molecule has 0 aliphatic carbocycles. The van der Waals surface area contributed by atoms with Gasteiger partial charge in [0.05, 0.1) is 0 Å². The Morgan fingerprint density at radius 2 is 0.773 bits per heavy atom. The van der Waals surface area contributed by atoms with Gasteiger partial charge in [-0.15, -0.1) is 69.1 Å². The van der Waals surface area contributed by atoms with Crippen molar-refractivity contribution in [1.82, 2.24) is 0 Å². The average molecular weight is 687 g/mol. The van der Waals surface area contributed by atoms with E-state index in [-0.39, 0.29) is 0 Å². The predicted molar refractivity (Wildman–Crippen MR) is 193 cm³/mol. The van der Waals surface area contributed by atoms with Gasteiger partial charge in [-0.05, 0) is 32.7 Å². The number of rotatable bonds is 2. The van der Waals surface area contributed by atoms with E-state index in [2.05, 4.69) is 164 Å². The van der Waals surface area contributed by atoms with E-state index in [1.807, 2.05) is 0 Å². The molecule has 0 spiro atoms. The number of aryl methyl sites for hydroxylation is 2. The van der Waals surface area contributed by atoms with Crippen molar-refractivity contribution < 1.29 is 18.9 Å². The molecule has 44 heavy (non-hydrogen) atoms. The Morgan fingerprint density at radius 3 is 1.18 bits per heavy atom. The topological polar surface area (TPSA) is 0 Å². The molecule has 0 amide bonds. The Morgan fingerprint density at radius 1 is 0.455 bits per heavy atom. The van der Waals surface area contributed by atoms with Crippen molar-refractivity contribution in [3.05, 3.63) is 157 Å². The summed E-state index contributed by atoms with van der Waals surface area (Å²) in [5, 5.41) is 10.6. The van der Waals surface area contributed by atoms with Crippen LogP contribution in [0, 0.1) is 13.8 Å². The third kappa shape index (κ3) is 6.57. The summed E-state index contributed by atoms with van der Waals surface area (Å²) in [6.07, 6.45) is 0. The van der Waals surface area contributed by atoms with Crippen LogP contribution in [0.3, 0.4) is 0 Å². The molecule has 0 aliphatic heterocycles. The van der Waals surface area contributed by atoms with Crippen molar-refractivity contribution in [2.24, 2.45) is 0 Å². The van der Waals surface area contributed by atoms with Gasteiger partial charge in [0.2, 0.25) is 0 Å². The number of fused-ring (bicyclic) bond motifs is 4. The van der Waals surface area contributed by atoms with Crippen LogP contribution in [-0.4, -0.2) is 4.21 Å². The molecule has 0 bridgehead atoms. The van der Waals surface area contributed by atoms with E-state index in [4.69, 9.17) is 17.0 Å². The molecule has 0 aromatic heterocycles. The first-order valence-electron chi connectivity index (χ1n) is 14.7. The van der Waals surface area contributed by atoms with Crippen molar-refractivity contribution in [3.8, 4) is 22.3 Å². The summed E-state index contributed by atoms with van der Waals surface area (Å²) in [5.74, 6) is 0. The van der Waals surface area contributed by atoms with E-state index < -0.39 is 18.9 Å². The fourth-order valence-electron chi connectivity index (χ4n) is 6.16. The van der Waals surface area contributed by atoms with Gasteiger partial charge in [0.15, 0.2) is 0 Å². The number of hydrogen-bond acceptors (Lipinski definition) is 0. The molecule has 216 valence electrons. The minimum atomic E-state index is -1.85. The van der Waals surface area contributed by atoms with E-state index in [9.17, 15) is 0 Å². The van der Waals surface area contributed by atoms with Gasteiger partial charge in [-0.25, -0.2) is 0 Å². The molecule has 0 radical (unpaired) electrons. The Kier molecular flexibility index (Phi) is 9.39. The Balaban J connectivity index is 0.000000139. The molecule has 0 unspecified atom stereocenters. The van der Waals surface area contributed by atoms with Gasteiger partial charge in [0.25, 0.3) is 0 Å². The van der Waals surface area contributed by atoms with Gasteiger partial charge < -0.3 is 0 Å². The molecule has 0 saturated carbocycles. The van der Waals surface area contributed by atoms with Crippen LogP contribution in [0.1, 0.15) is 11.1 Å². The van der Waals surface area contributed by atoms with Gasteiger partial charge in [0, 0.05) is 0 Å². The van der Waals surface area contributed by atoms with Crippen molar-refractivity contribution in [3.63, 3.8) is 0 Å². The fraction of sp³-hybridized carbons (Fsp3) is 0.0488. The maximum atomic E-state index is 5.13. The molecule has 0 fully saturated rings. The normalized spacial score (nSPS) is 10.8. The first kappa shape index (κ1) is 30.4. The van der Waals surface area contributed by atoms with Crippen LogP contribution in [0.2, 0.25) is 0 Å². The summed E-state index contributed by atoms with van der Waals surface area (Å²) in [6.45, 7) is 4.32. The number of hydrogen-bond donors (Lipinski definition) is 0. The summed E-state index contributed by atoms with van der Waals surface area (Å²) >= 11 is -1.85. The minimum absolute atomic E-state index is 1.30. The van der Waals surface area contributed by atoms with Gasteiger partial charge >= 0.3 is 40.1 Å². The van der Waals surface area contributed by atoms with Crippen molar-refractivity contribution in [2.75, 3.05) is 0 Å². The fourth-order valence-corrected chi connectivity index (χ4v) is 6.16. The molecule has 8 aromatic carbocycles. The van der Waals surface area contributed by atoms with Crippen molar-refractivity contribution >= 4 is 64.3 Å². The zero-order valence-corrected chi connectivity index (χ0v) is 28.8. The Bertz CT molecular complexity index is 2080. The number of benzene rings is 6. The molecule has 0 heterocycles. The second-order valence-electron chi connectivity index (χ2n) is 11.1. The molecule has 0 N–H and O–H groups in total. The first-order chi connectivity index (χ1) is 21.4. The third-order valence-corrected chi connectivity index (χ3v) is 7.95. The van der Waals surface area contributed by atoms with E-state index >= 15 is 0 Å². The Hall–Kier alpha value is -3.61. The van der Waals surface area contributed by atoms with E-state index in [0.29, 0.717) is 0 Å². The van der Waals surface area contributed by atoms with Crippen molar-refractivity contribution in [2.45, 2.75) is 13.8 Å². The number of halogens is 2. The molecular weight excluding hydrogens is 655 g/mol. The second kappa shape index (κ2) is 13.6. The molecule has 0 aliphatic rings. The monoisotopic (exact) mass is 684 g/mol. The summed E-state index contributed by atoms with van der Waals surface area (Å²) in [5.41, 5.74) is 7.94. The van der Waals surface area contributed by atoms with Crippen LogP contribution in [0.15, 0.2) is 146 Å². The zero-order valence-electron chi connectivity index (χ0n) is 24.8. The maximum absolute atomic E-state index is 5.13. The molecule has 8 rings (SSSR count). The first-order valence-corrected chi connectivity index (χ1v) is 22.7. The van der Waals surface area contributed by atoms with E-state index in [1.165, 1.54) is 76.5 Å². The average Bonchev–Trinajstić information content (AvgIpc) is 3.61. The van der Waals surface area contributed by atoms with Crippen LogP contribution >= 0.6 is 17.0 Å². The van der Waals surface area contributed by atoms with Crippen molar-refractivity contribution in [1.29, 1.82) is 0 Å². The van der Waals surface area contributed by atoms with Crippen LogP contribution in [0.25, 0.3) is 65.3 Å².